The Balaban J connectivity index is 1.81. The summed E-state index contributed by atoms with van der Waals surface area (Å²) in [5.41, 5.74) is 1.10. The summed E-state index contributed by atoms with van der Waals surface area (Å²) in [5, 5.41) is 0. The summed E-state index contributed by atoms with van der Waals surface area (Å²) in [6.45, 7) is 7.56. The van der Waals surface area contributed by atoms with Crippen molar-refractivity contribution in [2.24, 2.45) is 0 Å². The van der Waals surface area contributed by atoms with Gasteiger partial charge in [0.1, 0.15) is 11.5 Å². The summed E-state index contributed by atoms with van der Waals surface area (Å²) in [5.74, 6) is 1.69. The molecule has 2 aromatic heterocycles. The molecule has 0 saturated carbocycles. The molecule has 6 nitrogen and oxygen atoms in total. The number of carbonyl (C=O) groups excluding carboxylic acids is 1. The first-order chi connectivity index (χ1) is 11.0. The van der Waals surface area contributed by atoms with Crippen LogP contribution in [-0.2, 0) is 19.5 Å². The minimum Gasteiger partial charge on any atom is -0.445 e. The van der Waals surface area contributed by atoms with Crippen molar-refractivity contribution in [3.8, 4) is 0 Å². The molecule has 1 aliphatic heterocycles. The van der Waals surface area contributed by atoms with Crippen molar-refractivity contribution in [1.82, 2.24) is 14.5 Å². The molecule has 0 saturated heterocycles. The van der Waals surface area contributed by atoms with E-state index < -0.39 is 0 Å². The topological polar surface area (TPSA) is 68.3 Å². The van der Waals surface area contributed by atoms with Gasteiger partial charge >= 0.3 is 0 Å². The molecule has 1 amide bonds. The monoisotopic (exact) mass is 315 g/mol. The maximum Gasteiger partial charge on any atom is 0.254 e. The van der Waals surface area contributed by atoms with E-state index in [2.05, 4.69) is 4.98 Å². The molecule has 0 spiro atoms. The lowest BCUT2D eigenvalue weighted by atomic mass is 10.1. The SMILES string of the molecule is CCn1ccc(C(=O)N2CCc3oc(C(C)C)nc3C2)cc1=O. The molecule has 0 bridgehead atoms. The molecule has 0 unspecified atom stereocenters. The highest BCUT2D eigenvalue weighted by atomic mass is 16.4. The standard InChI is InChI=1S/C17H21N3O3/c1-4-19-7-5-12(9-15(19)21)17(22)20-8-6-14-13(10-20)18-16(23-14)11(2)3/h5,7,9,11H,4,6,8,10H2,1-3H3. The van der Waals surface area contributed by atoms with E-state index in [0.29, 0.717) is 31.6 Å². The minimum absolute atomic E-state index is 0.134. The van der Waals surface area contributed by atoms with Crippen LogP contribution in [0.4, 0.5) is 0 Å². The van der Waals surface area contributed by atoms with Crippen molar-refractivity contribution >= 4 is 5.91 Å². The molecule has 23 heavy (non-hydrogen) atoms. The van der Waals surface area contributed by atoms with Gasteiger partial charge in [-0.25, -0.2) is 4.98 Å². The van der Waals surface area contributed by atoms with E-state index >= 15 is 0 Å². The van der Waals surface area contributed by atoms with E-state index in [0.717, 1.165) is 17.3 Å². The third-order valence-corrected chi connectivity index (χ3v) is 4.11. The summed E-state index contributed by atoms with van der Waals surface area (Å²) in [6.07, 6.45) is 2.32. The zero-order valence-electron chi connectivity index (χ0n) is 13.7. The first-order valence-corrected chi connectivity index (χ1v) is 7.97. The Morgan fingerprint density at radius 3 is 2.87 bits per heavy atom. The fourth-order valence-electron chi connectivity index (χ4n) is 2.72. The average Bonchev–Trinajstić information content (AvgIpc) is 2.97. The molecule has 0 fully saturated rings. The van der Waals surface area contributed by atoms with E-state index in [4.69, 9.17) is 4.42 Å². The molecular formula is C17H21N3O3. The second kappa shape index (κ2) is 6.02. The summed E-state index contributed by atoms with van der Waals surface area (Å²) in [4.78, 5) is 30.7. The van der Waals surface area contributed by atoms with Crippen LogP contribution < -0.4 is 5.56 Å². The number of rotatable bonds is 3. The Labute approximate surface area is 134 Å². The highest BCUT2D eigenvalue weighted by molar-refractivity contribution is 5.94. The largest absolute Gasteiger partial charge is 0.445 e. The number of hydrogen-bond acceptors (Lipinski definition) is 4. The average molecular weight is 315 g/mol. The Morgan fingerprint density at radius 2 is 2.22 bits per heavy atom. The summed E-state index contributed by atoms with van der Waals surface area (Å²) >= 11 is 0. The zero-order chi connectivity index (χ0) is 16.6. The van der Waals surface area contributed by atoms with Crippen LogP contribution in [0.1, 0.15) is 54.4 Å². The quantitative estimate of drug-likeness (QED) is 0.870. The molecule has 0 aliphatic carbocycles. The molecule has 0 N–H and O–H groups in total. The Bertz CT molecular complexity index is 789. The van der Waals surface area contributed by atoms with Crippen molar-refractivity contribution in [1.29, 1.82) is 0 Å². The van der Waals surface area contributed by atoms with Crippen LogP contribution in [0.15, 0.2) is 27.5 Å². The minimum atomic E-state index is -0.153. The normalized spacial score (nSPS) is 14.2. The van der Waals surface area contributed by atoms with Gasteiger partial charge in [0.15, 0.2) is 5.89 Å². The van der Waals surface area contributed by atoms with Crippen LogP contribution >= 0.6 is 0 Å². The first kappa shape index (κ1) is 15.5. The number of aryl methyl sites for hydroxylation is 1. The number of fused-ring (bicyclic) bond motifs is 1. The predicted octanol–water partition coefficient (Wildman–Crippen LogP) is 2.18. The molecule has 122 valence electrons. The van der Waals surface area contributed by atoms with Crippen molar-refractivity contribution in [3.63, 3.8) is 0 Å². The predicted molar refractivity (Wildman–Crippen MR) is 85.4 cm³/mol. The van der Waals surface area contributed by atoms with Gasteiger partial charge in [0.05, 0.1) is 6.54 Å². The molecule has 0 atom stereocenters. The van der Waals surface area contributed by atoms with Crippen LogP contribution in [0.25, 0.3) is 0 Å². The van der Waals surface area contributed by atoms with Gasteiger partial charge in [-0.3, -0.25) is 9.59 Å². The maximum absolute atomic E-state index is 12.6. The third kappa shape index (κ3) is 2.93. The van der Waals surface area contributed by atoms with E-state index in [-0.39, 0.29) is 17.4 Å². The van der Waals surface area contributed by atoms with E-state index in [1.807, 2.05) is 20.8 Å². The summed E-state index contributed by atoms with van der Waals surface area (Å²) in [7, 11) is 0. The Morgan fingerprint density at radius 1 is 1.43 bits per heavy atom. The lowest BCUT2D eigenvalue weighted by Crippen LogP contribution is -2.36. The van der Waals surface area contributed by atoms with Crippen LogP contribution in [0.2, 0.25) is 0 Å². The fourth-order valence-corrected chi connectivity index (χ4v) is 2.72. The van der Waals surface area contributed by atoms with Gasteiger partial charge in [0, 0.05) is 43.3 Å². The van der Waals surface area contributed by atoms with Gasteiger partial charge in [-0.2, -0.15) is 0 Å². The molecular weight excluding hydrogens is 294 g/mol. The van der Waals surface area contributed by atoms with Crippen molar-refractivity contribution in [2.45, 2.75) is 46.2 Å². The highest BCUT2D eigenvalue weighted by Crippen LogP contribution is 2.24. The maximum atomic E-state index is 12.6. The number of hydrogen-bond donors (Lipinski definition) is 0. The van der Waals surface area contributed by atoms with E-state index in [1.54, 1.807) is 21.7 Å². The number of aromatic nitrogens is 2. The lowest BCUT2D eigenvalue weighted by Gasteiger charge is -2.25. The van der Waals surface area contributed by atoms with Crippen molar-refractivity contribution in [3.05, 3.63) is 51.6 Å². The van der Waals surface area contributed by atoms with Gasteiger partial charge in [-0.05, 0) is 13.0 Å². The summed E-state index contributed by atoms with van der Waals surface area (Å²) in [6, 6.07) is 3.11. The molecule has 3 heterocycles. The molecule has 1 aliphatic rings. The van der Waals surface area contributed by atoms with Crippen LogP contribution in [-0.4, -0.2) is 26.9 Å². The summed E-state index contributed by atoms with van der Waals surface area (Å²) < 4.78 is 7.32. The molecule has 3 rings (SSSR count). The third-order valence-electron chi connectivity index (χ3n) is 4.11. The second-order valence-electron chi connectivity index (χ2n) is 6.09. The number of amides is 1. The Kier molecular flexibility index (Phi) is 4.07. The van der Waals surface area contributed by atoms with Crippen molar-refractivity contribution in [2.75, 3.05) is 6.54 Å². The zero-order valence-corrected chi connectivity index (χ0v) is 13.7. The van der Waals surface area contributed by atoms with Crippen LogP contribution in [0.5, 0.6) is 0 Å². The number of carbonyl (C=O) groups is 1. The fraction of sp³-hybridized carbons (Fsp3) is 0.471. The van der Waals surface area contributed by atoms with Crippen LogP contribution in [0.3, 0.4) is 0 Å². The van der Waals surface area contributed by atoms with Gasteiger partial charge in [0.2, 0.25) is 0 Å². The Hall–Kier alpha value is -2.37. The van der Waals surface area contributed by atoms with Gasteiger partial charge in [0.25, 0.3) is 11.5 Å². The number of pyridine rings is 1. The van der Waals surface area contributed by atoms with Crippen molar-refractivity contribution < 1.29 is 9.21 Å². The molecule has 0 aromatic carbocycles. The first-order valence-electron chi connectivity index (χ1n) is 7.97. The van der Waals surface area contributed by atoms with E-state index in [1.165, 1.54) is 6.07 Å². The lowest BCUT2D eigenvalue weighted by molar-refractivity contribution is 0.0727. The highest BCUT2D eigenvalue weighted by Gasteiger charge is 2.26. The number of nitrogens with zero attached hydrogens (tertiary/aromatic N) is 3. The van der Waals surface area contributed by atoms with Gasteiger partial charge < -0.3 is 13.9 Å². The second-order valence-corrected chi connectivity index (χ2v) is 6.09. The van der Waals surface area contributed by atoms with Gasteiger partial charge in [-0.1, -0.05) is 13.8 Å². The van der Waals surface area contributed by atoms with Gasteiger partial charge in [-0.15, -0.1) is 0 Å². The molecule has 2 aromatic rings. The molecule has 6 heteroatoms. The van der Waals surface area contributed by atoms with Crippen LogP contribution in [0, 0.1) is 0 Å². The van der Waals surface area contributed by atoms with E-state index in [9.17, 15) is 9.59 Å². The smallest absolute Gasteiger partial charge is 0.254 e. The number of oxazole rings is 1. The molecule has 0 radical (unpaired) electrons.